The molecule has 0 bridgehead atoms. The molecule has 1 atom stereocenters. The summed E-state index contributed by atoms with van der Waals surface area (Å²) in [4.78, 5) is 11.6. The molecule has 5 rings (SSSR count). The molecular weight excluding hydrogens is 555 g/mol. The maximum Gasteiger partial charge on any atom is 0.184 e. The molecule has 1 aromatic heterocycles. The van der Waals surface area contributed by atoms with Crippen LogP contribution in [0.1, 0.15) is 22.9 Å². The Morgan fingerprint density at radius 3 is 2.56 bits per heavy atom. The van der Waals surface area contributed by atoms with Gasteiger partial charge in [0.25, 0.3) is 0 Å². The van der Waals surface area contributed by atoms with E-state index in [1.165, 1.54) is 0 Å². The lowest BCUT2D eigenvalue weighted by atomic mass is 10.1. The fraction of sp³-hybridized carbons (Fsp3) is 0.115. The van der Waals surface area contributed by atoms with Gasteiger partial charge in [-0.25, -0.2) is 15.0 Å². The van der Waals surface area contributed by atoms with Gasteiger partial charge < -0.3 is 10.2 Å². The molecule has 1 unspecified atom stereocenters. The summed E-state index contributed by atoms with van der Waals surface area (Å²) in [6.07, 6.45) is 3.42. The van der Waals surface area contributed by atoms with Gasteiger partial charge in [0.1, 0.15) is 0 Å². The number of benzene rings is 3. The molecule has 1 aliphatic rings. The van der Waals surface area contributed by atoms with Gasteiger partial charge in [-0.1, -0.05) is 42.5 Å². The number of thiazole rings is 1. The number of amidine groups is 1. The molecule has 6 nitrogen and oxygen atoms in total. The van der Waals surface area contributed by atoms with Crippen molar-refractivity contribution in [1.82, 2.24) is 9.99 Å². The number of nitrogens with zero attached hydrogens (tertiary/aromatic N) is 5. The van der Waals surface area contributed by atoms with Gasteiger partial charge in [0.15, 0.2) is 17.1 Å². The van der Waals surface area contributed by atoms with E-state index in [0.29, 0.717) is 0 Å². The Kier molecular flexibility index (Phi) is 6.59. The van der Waals surface area contributed by atoms with Crippen LogP contribution < -0.4 is 10.2 Å². The van der Waals surface area contributed by atoms with Crippen molar-refractivity contribution in [2.45, 2.75) is 6.17 Å². The Labute approximate surface area is 216 Å². The second-order valence-corrected chi connectivity index (χ2v) is 10.1. The summed E-state index contributed by atoms with van der Waals surface area (Å²) in [5.41, 5.74) is 5.14. The smallest absolute Gasteiger partial charge is 0.184 e. The summed E-state index contributed by atoms with van der Waals surface area (Å²) < 4.78 is 1.14. The highest BCUT2D eigenvalue weighted by Gasteiger charge is 2.31. The molecule has 2 heterocycles. The molecule has 34 heavy (non-hydrogen) atoms. The lowest BCUT2D eigenvalue weighted by molar-refractivity contribution is 0.360. The van der Waals surface area contributed by atoms with E-state index < -0.39 is 0 Å². The van der Waals surface area contributed by atoms with Gasteiger partial charge in [0.2, 0.25) is 0 Å². The summed E-state index contributed by atoms with van der Waals surface area (Å²) in [6.45, 7) is 0. The van der Waals surface area contributed by atoms with Crippen LogP contribution in [-0.2, 0) is 0 Å². The van der Waals surface area contributed by atoms with Gasteiger partial charge in [-0.05, 0) is 58.5 Å². The number of hydrazone groups is 1. The molecular formula is C26H23IN6S. The van der Waals surface area contributed by atoms with Crippen LogP contribution in [0.4, 0.5) is 16.5 Å². The highest BCUT2D eigenvalue weighted by atomic mass is 127. The average molecular weight is 578 g/mol. The molecule has 0 saturated carbocycles. The van der Waals surface area contributed by atoms with Gasteiger partial charge in [-0.2, -0.15) is 5.10 Å². The fourth-order valence-corrected chi connectivity index (χ4v) is 4.78. The summed E-state index contributed by atoms with van der Waals surface area (Å²) in [7, 11) is 4.07. The van der Waals surface area contributed by atoms with Crippen LogP contribution in [0.5, 0.6) is 0 Å². The Morgan fingerprint density at radius 1 is 1.06 bits per heavy atom. The van der Waals surface area contributed by atoms with Crippen LogP contribution in [-0.4, -0.2) is 36.1 Å². The largest absolute Gasteiger partial charge is 0.378 e. The molecule has 0 aliphatic carbocycles. The molecule has 1 aliphatic heterocycles. The van der Waals surface area contributed by atoms with Gasteiger partial charge in [-0.3, -0.25) is 0 Å². The number of aromatic nitrogens is 1. The fourth-order valence-electron chi connectivity index (χ4n) is 3.71. The number of anilines is 2. The third kappa shape index (κ3) is 4.83. The van der Waals surface area contributed by atoms with Crippen molar-refractivity contribution in [3.8, 4) is 0 Å². The van der Waals surface area contributed by atoms with E-state index in [0.717, 1.165) is 42.6 Å². The predicted molar refractivity (Wildman–Crippen MR) is 150 cm³/mol. The lowest BCUT2D eigenvalue weighted by Gasteiger charge is -2.35. The Balaban J connectivity index is 1.60. The van der Waals surface area contributed by atoms with Crippen LogP contribution >= 0.6 is 33.9 Å². The van der Waals surface area contributed by atoms with E-state index in [9.17, 15) is 0 Å². The van der Waals surface area contributed by atoms with Gasteiger partial charge >= 0.3 is 0 Å². The molecule has 0 fully saturated rings. The molecule has 1 N–H and O–H groups in total. The minimum atomic E-state index is -0.263. The van der Waals surface area contributed by atoms with Crippen molar-refractivity contribution < 1.29 is 0 Å². The van der Waals surface area contributed by atoms with E-state index >= 15 is 0 Å². The normalized spacial score (nSPS) is 15.2. The number of nitrogens with one attached hydrogen (secondary N) is 1. The number of halogens is 1. The molecule has 0 saturated heterocycles. The van der Waals surface area contributed by atoms with E-state index in [4.69, 9.17) is 10.1 Å². The number of rotatable bonds is 6. The van der Waals surface area contributed by atoms with Crippen molar-refractivity contribution >= 4 is 62.5 Å². The van der Waals surface area contributed by atoms with Gasteiger partial charge in [-0.15, -0.1) is 11.3 Å². The third-order valence-electron chi connectivity index (χ3n) is 5.44. The summed E-state index contributed by atoms with van der Waals surface area (Å²) in [6, 6.07) is 24.8. The topological polar surface area (TPSA) is 56.1 Å². The zero-order valence-corrected chi connectivity index (χ0v) is 21.7. The number of fused-ring (bicyclic) bond motifs is 1. The summed E-state index contributed by atoms with van der Waals surface area (Å²) in [5.74, 6) is 0.782. The quantitative estimate of drug-likeness (QED) is 0.214. The van der Waals surface area contributed by atoms with Crippen LogP contribution in [0.2, 0.25) is 0 Å². The minimum absolute atomic E-state index is 0.263. The zero-order chi connectivity index (χ0) is 23.5. The SMILES string of the molecule is CN(C)c1ccc(/C=N/N2C(c3ccccc3)=Nc3ccc(I)cc3C2Nc2nccs2)cc1. The van der Waals surface area contributed by atoms with E-state index in [1.807, 2.05) is 48.9 Å². The third-order valence-corrected chi connectivity index (χ3v) is 6.81. The summed E-state index contributed by atoms with van der Waals surface area (Å²) >= 11 is 3.90. The van der Waals surface area contributed by atoms with E-state index in [2.05, 4.69) is 92.4 Å². The van der Waals surface area contributed by atoms with Crippen molar-refractivity contribution in [3.63, 3.8) is 0 Å². The van der Waals surface area contributed by atoms with Crippen molar-refractivity contribution in [1.29, 1.82) is 0 Å². The van der Waals surface area contributed by atoms with Crippen molar-refractivity contribution in [2.24, 2.45) is 10.1 Å². The first-order valence-electron chi connectivity index (χ1n) is 10.8. The Bertz CT molecular complexity index is 1320. The first kappa shape index (κ1) is 22.5. The summed E-state index contributed by atoms with van der Waals surface area (Å²) in [5, 5.41) is 13.3. The average Bonchev–Trinajstić information content (AvgIpc) is 3.37. The molecule has 3 aromatic carbocycles. The molecule has 4 aromatic rings. The van der Waals surface area contributed by atoms with Crippen LogP contribution in [0.3, 0.4) is 0 Å². The van der Waals surface area contributed by atoms with Crippen molar-refractivity contribution in [3.05, 3.63) is 105 Å². The highest BCUT2D eigenvalue weighted by molar-refractivity contribution is 14.1. The Hall–Kier alpha value is -3.24. The first-order chi connectivity index (χ1) is 16.6. The second-order valence-electron chi connectivity index (χ2n) is 7.96. The Morgan fingerprint density at radius 2 is 1.85 bits per heavy atom. The first-order valence-corrected chi connectivity index (χ1v) is 12.7. The highest BCUT2D eigenvalue weighted by Crippen LogP contribution is 2.38. The maximum atomic E-state index is 5.03. The molecule has 0 radical (unpaired) electrons. The monoisotopic (exact) mass is 578 g/mol. The minimum Gasteiger partial charge on any atom is -0.378 e. The van der Waals surface area contributed by atoms with Crippen LogP contribution in [0.25, 0.3) is 0 Å². The van der Waals surface area contributed by atoms with Crippen molar-refractivity contribution in [2.75, 3.05) is 24.3 Å². The van der Waals surface area contributed by atoms with E-state index in [-0.39, 0.29) is 6.17 Å². The number of hydrogen-bond acceptors (Lipinski definition) is 7. The van der Waals surface area contributed by atoms with Gasteiger partial charge in [0, 0.05) is 46.1 Å². The predicted octanol–water partition coefficient (Wildman–Crippen LogP) is 6.35. The van der Waals surface area contributed by atoms with Crippen LogP contribution in [0.15, 0.2) is 94.5 Å². The molecule has 0 spiro atoms. The lowest BCUT2D eigenvalue weighted by Crippen LogP contribution is -2.38. The van der Waals surface area contributed by atoms with Gasteiger partial charge in [0.05, 0.1) is 11.9 Å². The maximum absolute atomic E-state index is 5.03. The molecule has 170 valence electrons. The van der Waals surface area contributed by atoms with E-state index in [1.54, 1.807) is 17.5 Å². The standard InChI is InChI=1S/C26H23IN6S/c1-32(2)21-11-8-18(9-12-21)17-29-33-24(19-6-4-3-5-7-19)30-23-13-10-20(27)16-22(23)25(33)31-26-28-14-15-34-26/h3-17,25H,1-2H3,(H,28,31)/b29-17+. The number of aliphatic imine (C=N–C) groups is 1. The second kappa shape index (κ2) is 9.94. The molecule has 8 heteroatoms. The van der Waals surface area contributed by atoms with Crippen LogP contribution in [0, 0.1) is 3.57 Å². The molecule has 0 amide bonds. The zero-order valence-electron chi connectivity index (χ0n) is 18.8. The number of hydrogen-bond donors (Lipinski definition) is 1.